The number of alkyl halides is 9. The molecule has 0 aromatic heterocycles. The molecule has 0 saturated carbocycles. The van der Waals surface area contributed by atoms with Gasteiger partial charge in [0.15, 0.2) is 0 Å². The molecule has 0 bridgehead atoms. The topological polar surface area (TPSA) is 12.5 Å². The molecular formula is C13H18F9NO. The molecule has 0 aliphatic carbocycles. The predicted octanol–water partition coefficient (Wildman–Crippen LogP) is 4.34. The third-order valence-electron chi connectivity index (χ3n) is 3.90. The predicted molar refractivity (Wildman–Crippen MR) is 66.6 cm³/mol. The highest BCUT2D eigenvalue weighted by molar-refractivity contribution is 4.91. The summed E-state index contributed by atoms with van der Waals surface area (Å²) in [6.07, 6.45) is -17.6. The molecule has 0 radical (unpaired) electrons. The molecular weight excluding hydrogens is 357 g/mol. The van der Waals surface area contributed by atoms with Crippen LogP contribution in [-0.2, 0) is 4.74 Å². The van der Waals surface area contributed by atoms with Gasteiger partial charge >= 0.3 is 18.0 Å². The van der Waals surface area contributed by atoms with Crippen LogP contribution in [0.4, 0.5) is 39.5 Å². The van der Waals surface area contributed by atoms with Gasteiger partial charge < -0.3 is 4.74 Å². The molecule has 0 amide bonds. The Balaban J connectivity index is 2.78. The lowest BCUT2D eigenvalue weighted by molar-refractivity contribution is -0.290. The molecule has 0 N–H and O–H groups in total. The Hall–Kier alpha value is -0.710. The van der Waals surface area contributed by atoms with E-state index < -0.39 is 42.7 Å². The molecule has 0 aromatic carbocycles. The van der Waals surface area contributed by atoms with Crippen molar-refractivity contribution in [3.8, 4) is 0 Å². The van der Waals surface area contributed by atoms with Crippen molar-refractivity contribution in [3.63, 3.8) is 0 Å². The van der Waals surface area contributed by atoms with Crippen LogP contribution < -0.4 is 0 Å². The number of hydrogen-bond donors (Lipinski definition) is 0. The molecule has 1 aliphatic rings. The van der Waals surface area contributed by atoms with E-state index in [4.69, 9.17) is 0 Å². The molecule has 24 heavy (non-hydrogen) atoms. The second kappa shape index (κ2) is 7.27. The monoisotopic (exact) mass is 375 g/mol. The summed E-state index contributed by atoms with van der Waals surface area (Å²) in [5, 5.41) is 0. The first-order valence-electron chi connectivity index (χ1n) is 7.22. The van der Waals surface area contributed by atoms with Gasteiger partial charge in [0.05, 0.1) is 0 Å². The standard InChI is InChI=1S/C13H18F9NO/c1-7(11(16,17)9(14)13(20,21)22)24-8(2)12(18,19)10(15)23-5-3-4-6-23/h7-10H,3-6H2,1-2H3. The van der Waals surface area contributed by atoms with E-state index in [9.17, 15) is 39.5 Å². The summed E-state index contributed by atoms with van der Waals surface area (Å²) in [6, 6.07) is 0. The fraction of sp³-hybridized carbons (Fsp3) is 1.00. The van der Waals surface area contributed by atoms with E-state index in [1.165, 1.54) is 0 Å². The normalized spacial score (nSPS) is 23.1. The molecule has 0 spiro atoms. The average Bonchev–Trinajstić information content (AvgIpc) is 2.98. The van der Waals surface area contributed by atoms with Gasteiger partial charge in [-0.3, -0.25) is 4.90 Å². The molecule has 0 aromatic rings. The van der Waals surface area contributed by atoms with Gasteiger partial charge in [-0.2, -0.15) is 22.0 Å². The van der Waals surface area contributed by atoms with E-state index in [1.807, 2.05) is 0 Å². The van der Waals surface area contributed by atoms with Crippen LogP contribution in [0, 0.1) is 0 Å². The minimum atomic E-state index is -5.88. The Bertz CT molecular complexity index is 409. The number of likely N-dealkylation sites (tertiary alicyclic amines) is 1. The summed E-state index contributed by atoms with van der Waals surface area (Å²) in [4.78, 5) is 0.788. The van der Waals surface area contributed by atoms with Gasteiger partial charge in [-0.1, -0.05) is 0 Å². The zero-order chi connectivity index (χ0) is 18.9. The van der Waals surface area contributed by atoms with Crippen LogP contribution in [0.15, 0.2) is 0 Å². The lowest BCUT2D eigenvalue weighted by Crippen LogP contribution is -2.55. The first-order valence-corrected chi connectivity index (χ1v) is 7.22. The minimum absolute atomic E-state index is 0.0375. The fourth-order valence-corrected chi connectivity index (χ4v) is 2.32. The zero-order valence-electron chi connectivity index (χ0n) is 12.9. The lowest BCUT2D eigenvalue weighted by Gasteiger charge is -2.35. The molecule has 1 fully saturated rings. The third kappa shape index (κ3) is 4.47. The van der Waals surface area contributed by atoms with Crippen molar-refractivity contribution in [2.24, 2.45) is 0 Å². The number of hydrogen-bond acceptors (Lipinski definition) is 2. The van der Waals surface area contributed by atoms with Gasteiger partial charge in [-0.05, 0) is 26.7 Å². The van der Waals surface area contributed by atoms with Crippen molar-refractivity contribution in [1.29, 1.82) is 0 Å². The molecule has 4 unspecified atom stereocenters. The van der Waals surface area contributed by atoms with E-state index in [-0.39, 0.29) is 13.1 Å². The van der Waals surface area contributed by atoms with Crippen molar-refractivity contribution in [2.75, 3.05) is 13.1 Å². The van der Waals surface area contributed by atoms with Gasteiger partial charge in [0.1, 0.15) is 12.2 Å². The fourth-order valence-electron chi connectivity index (χ4n) is 2.32. The highest BCUT2D eigenvalue weighted by Gasteiger charge is 2.61. The van der Waals surface area contributed by atoms with Gasteiger partial charge in [0.25, 0.3) is 6.17 Å². The Labute approximate surface area is 132 Å². The van der Waals surface area contributed by atoms with Crippen molar-refractivity contribution in [3.05, 3.63) is 0 Å². The summed E-state index contributed by atoms with van der Waals surface area (Å²) in [5.41, 5.74) is 0. The Morgan fingerprint density at radius 3 is 1.62 bits per heavy atom. The van der Waals surface area contributed by atoms with Crippen LogP contribution >= 0.6 is 0 Å². The number of halogens is 9. The van der Waals surface area contributed by atoms with E-state index in [0.717, 1.165) is 4.90 Å². The summed E-state index contributed by atoms with van der Waals surface area (Å²) >= 11 is 0. The maximum absolute atomic E-state index is 13.9. The zero-order valence-corrected chi connectivity index (χ0v) is 12.9. The van der Waals surface area contributed by atoms with E-state index >= 15 is 0 Å². The molecule has 4 atom stereocenters. The Morgan fingerprint density at radius 2 is 1.21 bits per heavy atom. The van der Waals surface area contributed by atoms with Crippen molar-refractivity contribution in [1.82, 2.24) is 4.90 Å². The van der Waals surface area contributed by atoms with Crippen LogP contribution in [0.5, 0.6) is 0 Å². The van der Waals surface area contributed by atoms with Crippen LogP contribution in [0.2, 0.25) is 0 Å². The summed E-state index contributed by atoms with van der Waals surface area (Å²) in [6.45, 7) is 0.954. The van der Waals surface area contributed by atoms with Gasteiger partial charge in [-0.25, -0.2) is 17.6 Å². The second-order valence-corrected chi connectivity index (χ2v) is 5.75. The average molecular weight is 375 g/mol. The highest BCUT2D eigenvalue weighted by atomic mass is 19.4. The van der Waals surface area contributed by atoms with E-state index in [1.54, 1.807) is 0 Å². The van der Waals surface area contributed by atoms with Crippen molar-refractivity contribution in [2.45, 2.75) is 69.4 Å². The van der Waals surface area contributed by atoms with Crippen molar-refractivity contribution < 1.29 is 44.3 Å². The Morgan fingerprint density at radius 1 is 0.792 bits per heavy atom. The molecule has 1 aliphatic heterocycles. The maximum atomic E-state index is 13.9. The summed E-state index contributed by atoms with van der Waals surface area (Å²) < 4.78 is 122. The summed E-state index contributed by atoms with van der Waals surface area (Å²) in [5.74, 6) is -9.35. The molecule has 1 rings (SSSR count). The maximum Gasteiger partial charge on any atom is 0.425 e. The molecule has 11 heteroatoms. The first kappa shape index (κ1) is 21.3. The quantitative estimate of drug-likeness (QED) is 0.485. The van der Waals surface area contributed by atoms with Crippen molar-refractivity contribution >= 4 is 0 Å². The first-order chi connectivity index (χ1) is 10.7. The number of ether oxygens (including phenoxy) is 1. The molecule has 2 nitrogen and oxygen atoms in total. The van der Waals surface area contributed by atoms with Gasteiger partial charge in [-0.15, -0.1) is 0 Å². The van der Waals surface area contributed by atoms with Crippen LogP contribution in [0.3, 0.4) is 0 Å². The lowest BCUT2D eigenvalue weighted by atomic mass is 10.1. The van der Waals surface area contributed by atoms with Crippen LogP contribution in [0.25, 0.3) is 0 Å². The number of rotatable bonds is 7. The molecule has 1 heterocycles. The van der Waals surface area contributed by atoms with Gasteiger partial charge in [0.2, 0.25) is 6.30 Å². The summed E-state index contributed by atoms with van der Waals surface area (Å²) in [7, 11) is 0. The minimum Gasteiger partial charge on any atom is -0.363 e. The van der Waals surface area contributed by atoms with Crippen LogP contribution in [0.1, 0.15) is 26.7 Å². The smallest absolute Gasteiger partial charge is 0.363 e. The third-order valence-corrected chi connectivity index (χ3v) is 3.90. The van der Waals surface area contributed by atoms with Gasteiger partial charge in [0, 0.05) is 13.1 Å². The molecule has 1 saturated heterocycles. The largest absolute Gasteiger partial charge is 0.425 e. The van der Waals surface area contributed by atoms with E-state index in [2.05, 4.69) is 4.74 Å². The van der Waals surface area contributed by atoms with E-state index in [0.29, 0.717) is 26.7 Å². The SMILES string of the molecule is CC(OC(C)C(F)(F)C(F)C(F)(F)F)C(F)(F)C(F)N1CCCC1. The highest BCUT2D eigenvalue weighted by Crippen LogP contribution is 2.40. The second-order valence-electron chi connectivity index (χ2n) is 5.75. The van der Waals surface area contributed by atoms with Crippen LogP contribution in [-0.4, -0.2) is 60.7 Å². The molecule has 144 valence electrons. The Kier molecular flexibility index (Phi) is 6.46. The number of nitrogens with zero attached hydrogens (tertiary/aromatic N) is 1.